The van der Waals surface area contributed by atoms with E-state index in [-0.39, 0.29) is 11.9 Å². The van der Waals surface area contributed by atoms with E-state index >= 15 is 0 Å². The van der Waals surface area contributed by atoms with Crippen LogP contribution >= 0.6 is 11.8 Å². The van der Waals surface area contributed by atoms with Gasteiger partial charge >= 0.3 is 0 Å². The van der Waals surface area contributed by atoms with Crippen LogP contribution in [-0.4, -0.2) is 17.0 Å². The summed E-state index contributed by atoms with van der Waals surface area (Å²) in [5.41, 5.74) is 0. The molecule has 1 rings (SSSR count). The van der Waals surface area contributed by atoms with Gasteiger partial charge in [0, 0.05) is 10.6 Å². The third kappa shape index (κ3) is 5.19. The van der Waals surface area contributed by atoms with Crippen molar-refractivity contribution >= 4 is 11.8 Å². The van der Waals surface area contributed by atoms with Crippen molar-refractivity contribution in [1.82, 2.24) is 0 Å². The van der Waals surface area contributed by atoms with Crippen LogP contribution in [0.5, 0.6) is 0 Å². The molecule has 0 heterocycles. The molecule has 0 radical (unpaired) electrons. The fourth-order valence-electron chi connectivity index (χ4n) is 1.34. The van der Waals surface area contributed by atoms with E-state index in [0.29, 0.717) is 11.7 Å². The van der Waals surface area contributed by atoms with Crippen LogP contribution in [0.15, 0.2) is 29.2 Å². The number of hydrogen-bond acceptors (Lipinski definition) is 2. The van der Waals surface area contributed by atoms with Gasteiger partial charge in [0.1, 0.15) is 5.82 Å². The molecule has 0 saturated carbocycles. The van der Waals surface area contributed by atoms with Crippen LogP contribution in [0, 0.1) is 11.7 Å². The van der Waals surface area contributed by atoms with Crippen LogP contribution in [0.1, 0.15) is 20.3 Å². The molecule has 1 aromatic carbocycles. The van der Waals surface area contributed by atoms with Crippen molar-refractivity contribution in [2.75, 3.05) is 5.75 Å². The first-order valence-corrected chi connectivity index (χ1v) is 6.13. The van der Waals surface area contributed by atoms with E-state index in [2.05, 4.69) is 13.8 Å². The number of thioether (sulfide) groups is 1. The zero-order valence-corrected chi connectivity index (χ0v) is 9.93. The third-order valence-electron chi connectivity index (χ3n) is 2.00. The molecule has 1 nitrogen and oxygen atoms in total. The Morgan fingerprint density at radius 3 is 2.40 bits per heavy atom. The predicted molar refractivity (Wildman–Crippen MR) is 62.6 cm³/mol. The van der Waals surface area contributed by atoms with E-state index in [4.69, 9.17) is 0 Å². The van der Waals surface area contributed by atoms with E-state index in [1.165, 1.54) is 12.1 Å². The highest BCUT2D eigenvalue weighted by atomic mass is 32.2. The standard InChI is InChI=1S/C12H17FOS/c1-9(2)7-11(14)8-15-12-5-3-10(13)4-6-12/h3-6,9,11,14H,7-8H2,1-2H3. The third-order valence-corrected chi connectivity index (χ3v) is 3.16. The lowest BCUT2D eigenvalue weighted by molar-refractivity contribution is 0.172. The fourth-order valence-corrected chi connectivity index (χ4v) is 2.18. The van der Waals surface area contributed by atoms with Crippen molar-refractivity contribution in [3.8, 4) is 0 Å². The highest BCUT2D eigenvalue weighted by Gasteiger charge is 2.07. The minimum atomic E-state index is -0.278. The van der Waals surface area contributed by atoms with Gasteiger partial charge in [-0.25, -0.2) is 4.39 Å². The maximum absolute atomic E-state index is 12.6. The lowest BCUT2D eigenvalue weighted by Crippen LogP contribution is -2.12. The van der Waals surface area contributed by atoms with Gasteiger partial charge in [0.05, 0.1) is 6.10 Å². The zero-order chi connectivity index (χ0) is 11.3. The van der Waals surface area contributed by atoms with Gasteiger partial charge < -0.3 is 5.11 Å². The number of aliphatic hydroxyl groups excluding tert-OH is 1. The molecule has 0 fully saturated rings. The highest BCUT2D eigenvalue weighted by molar-refractivity contribution is 7.99. The fraction of sp³-hybridized carbons (Fsp3) is 0.500. The molecule has 3 heteroatoms. The molecule has 0 aliphatic heterocycles. The normalized spacial score (nSPS) is 13.1. The second-order valence-corrected chi connectivity index (χ2v) is 5.14. The minimum absolute atomic E-state index is 0.220. The van der Waals surface area contributed by atoms with Crippen molar-refractivity contribution in [2.45, 2.75) is 31.3 Å². The van der Waals surface area contributed by atoms with Gasteiger partial charge in [-0.2, -0.15) is 0 Å². The molecule has 1 aromatic rings. The summed E-state index contributed by atoms with van der Waals surface area (Å²) < 4.78 is 12.6. The maximum Gasteiger partial charge on any atom is 0.123 e. The van der Waals surface area contributed by atoms with Gasteiger partial charge in [0.25, 0.3) is 0 Å². The lowest BCUT2D eigenvalue weighted by atomic mass is 10.1. The van der Waals surface area contributed by atoms with Gasteiger partial charge in [-0.05, 0) is 36.6 Å². The number of halogens is 1. The molecule has 1 unspecified atom stereocenters. The molecule has 0 aliphatic rings. The second-order valence-electron chi connectivity index (χ2n) is 4.05. The average Bonchev–Trinajstić information content (AvgIpc) is 2.16. The molecule has 0 aliphatic carbocycles. The van der Waals surface area contributed by atoms with Crippen molar-refractivity contribution in [3.05, 3.63) is 30.1 Å². The van der Waals surface area contributed by atoms with E-state index in [9.17, 15) is 9.50 Å². The van der Waals surface area contributed by atoms with Gasteiger partial charge in [-0.15, -0.1) is 11.8 Å². The molecule has 15 heavy (non-hydrogen) atoms. The van der Waals surface area contributed by atoms with Crippen molar-refractivity contribution in [3.63, 3.8) is 0 Å². The topological polar surface area (TPSA) is 20.2 Å². The van der Waals surface area contributed by atoms with Gasteiger partial charge in [-0.1, -0.05) is 13.8 Å². The summed E-state index contributed by atoms with van der Waals surface area (Å²) in [6, 6.07) is 6.36. The zero-order valence-electron chi connectivity index (χ0n) is 9.11. The first-order valence-electron chi connectivity index (χ1n) is 5.14. The first kappa shape index (κ1) is 12.5. The Bertz CT molecular complexity index is 284. The second kappa shape index (κ2) is 6.13. The molecule has 1 atom stereocenters. The Morgan fingerprint density at radius 2 is 1.87 bits per heavy atom. The summed E-state index contributed by atoms with van der Waals surface area (Å²) in [6.45, 7) is 4.18. The number of hydrogen-bond donors (Lipinski definition) is 1. The molecule has 0 aromatic heterocycles. The molecule has 84 valence electrons. The number of rotatable bonds is 5. The molecule has 0 spiro atoms. The van der Waals surface area contributed by atoms with Crippen LogP contribution in [0.2, 0.25) is 0 Å². The molecule has 0 bridgehead atoms. The van der Waals surface area contributed by atoms with Crippen molar-refractivity contribution < 1.29 is 9.50 Å². The number of aliphatic hydroxyl groups is 1. The van der Waals surface area contributed by atoms with Crippen LogP contribution in [-0.2, 0) is 0 Å². The van der Waals surface area contributed by atoms with E-state index in [1.54, 1.807) is 23.9 Å². The summed E-state index contributed by atoms with van der Waals surface area (Å²) in [5, 5.41) is 9.64. The van der Waals surface area contributed by atoms with Crippen molar-refractivity contribution in [1.29, 1.82) is 0 Å². The average molecular weight is 228 g/mol. The molecule has 1 N–H and O–H groups in total. The Morgan fingerprint density at radius 1 is 1.27 bits per heavy atom. The number of benzene rings is 1. The Labute approximate surface area is 94.7 Å². The monoisotopic (exact) mass is 228 g/mol. The summed E-state index contributed by atoms with van der Waals surface area (Å²) in [7, 11) is 0. The molecular formula is C12H17FOS. The molecular weight excluding hydrogens is 211 g/mol. The van der Waals surface area contributed by atoms with E-state index < -0.39 is 0 Å². The van der Waals surface area contributed by atoms with Gasteiger partial charge in [0.15, 0.2) is 0 Å². The molecule has 0 amide bonds. The minimum Gasteiger partial charge on any atom is -0.392 e. The van der Waals surface area contributed by atoms with E-state index in [1.807, 2.05) is 0 Å². The largest absolute Gasteiger partial charge is 0.392 e. The maximum atomic E-state index is 12.6. The van der Waals surface area contributed by atoms with Crippen LogP contribution < -0.4 is 0 Å². The predicted octanol–water partition coefficient (Wildman–Crippen LogP) is 3.32. The Kier molecular flexibility index (Phi) is 5.12. The quantitative estimate of drug-likeness (QED) is 0.780. The summed E-state index contributed by atoms with van der Waals surface area (Å²) in [5.74, 6) is 0.958. The summed E-state index contributed by atoms with van der Waals surface area (Å²) >= 11 is 1.56. The van der Waals surface area contributed by atoms with Crippen LogP contribution in [0.4, 0.5) is 4.39 Å². The SMILES string of the molecule is CC(C)CC(O)CSc1ccc(F)cc1. The summed E-state index contributed by atoms with van der Waals surface area (Å²) in [4.78, 5) is 0.999. The Balaban J connectivity index is 2.33. The van der Waals surface area contributed by atoms with Crippen LogP contribution in [0.3, 0.4) is 0 Å². The lowest BCUT2D eigenvalue weighted by Gasteiger charge is -2.12. The Hall–Kier alpha value is -0.540. The smallest absolute Gasteiger partial charge is 0.123 e. The van der Waals surface area contributed by atoms with Gasteiger partial charge in [-0.3, -0.25) is 0 Å². The molecule has 0 saturated heterocycles. The van der Waals surface area contributed by atoms with Gasteiger partial charge in [0.2, 0.25) is 0 Å². The first-order chi connectivity index (χ1) is 7.08. The summed E-state index contributed by atoms with van der Waals surface area (Å²) in [6.07, 6.45) is 0.536. The van der Waals surface area contributed by atoms with Crippen LogP contribution in [0.25, 0.3) is 0 Å². The van der Waals surface area contributed by atoms with Crippen molar-refractivity contribution in [2.24, 2.45) is 5.92 Å². The highest BCUT2D eigenvalue weighted by Crippen LogP contribution is 2.20. The van der Waals surface area contributed by atoms with E-state index in [0.717, 1.165) is 11.3 Å².